The number of methoxy groups -OCH3 is 1. The Balaban J connectivity index is 0.00000364. The molecule has 0 bridgehead atoms. The van der Waals surface area contributed by atoms with E-state index in [2.05, 4.69) is 41.4 Å². The number of halogens is 1. The quantitative estimate of drug-likeness (QED) is 0.329. The number of oxazole rings is 1. The lowest BCUT2D eigenvalue weighted by Gasteiger charge is -2.13. The van der Waals surface area contributed by atoms with E-state index in [-0.39, 0.29) is 35.1 Å². The molecule has 150 valence electrons. The summed E-state index contributed by atoms with van der Waals surface area (Å²) in [6, 6.07) is 5.29. The molecule has 0 fully saturated rings. The maximum atomic E-state index is 9.99. The van der Waals surface area contributed by atoms with E-state index in [4.69, 9.17) is 9.15 Å². The number of nitrogens with one attached hydrogen (secondary N) is 2. The first-order chi connectivity index (χ1) is 12.3. The highest BCUT2D eigenvalue weighted by Gasteiger charge is 2.19. The van der Waals surface area contributed by atoms with Crippen LogP contribution in [0, 0.1) is 0 Å². The van der Waals surface area contributed by atoms with Crippen LogP contribution in [-0.2, 0) is 18.4 Å². The molecule has 0 unspecified atom stereocenters. The number of rotatable bonds is 6. The third-order valence-corrected chi connectivity index (χ3v) is 3.90. The number of phenols is 1. The topological polar surface area (TPSA) is 91.9 Å². The molecule has 0 radical (unpaired) electrons. The molecule has 0 spiro atoms. The zero-order chi connectivity index (χ0) is 19.2. The van der Waals surface area contributed by atoms with E-state index >= 15 is 0 Å². The fourth-order valence-corrected chi connectivity index (χ4v) is 2.32. The highest BCUT2D eigenvalue weighted by atomic mass is 127. The summed E-state index contributed by atoms with van der Waals surface area (Å²) < 4.78 is 10.8. The molecule has 2 rings (SSSR count). The van der Waals surface area contributed by atoms with Crippen LogP contribution in [0.15, 0.2) is 33.8 Å². The molecule has 0 aliphatic carbocycles. The summed E-state index contributed by atoms with van der Waals surface area (Å²) in [5.41, 5.74) is 0.780. The largest absolute Gasteiger partial charge is 0.508 e. The number of ether oxygens (including phenoxy) is 1. The highest BCUT2D eigenvalue weighted by Crippen LogP contribution is 2.23. The average Bonchev–Trinajstić information content (AvgIpc) is 3.08. The molecule has 0 aliphatic heterocycles. The lowest BCUT2D eigenvalue weighted by Crippen LogP contribution is -2.37. The van der Waals surface area contributed by atoms with Crippen molar-refractivity contribution in [1.82, 2.24) is 15.6 Å². The Morgan fingerprint density at radius 3 is 2.59 bits per heavy atom. The Bertz CT molecular complexity index is 754. The minimum absolute atomic E-state index is 0. The molecule has 3 N–H and O–H groups in total. The van der Waals surface area contributed by atoms with Crippen LogP contribution in [0.25, 0.3) is 0 Å². The van der Waals surface area contributed by atoms with Gasteiger partial charge in [0.2, 0.25) is 5.89 Å². The SMILES string of the molecule is CN=C(NCCc1ccc(OC)cc1O)NCc1ncc(C(C)(C)C)o1.I. The number of guanidine groups is 1. The van der Waals surface area contributed by atoms with Crippen LogP contribution in [0.3, 0.4) is 0 Å². The van der Waals surface area contributed by atoms with Gasteiger partial charge in [0.15, 0.2) is 5.96 Å². The fraction of sp³-hybridized carbons (Fsp3) is 0.474. The predicted molar refractivity (Wildman–Crippen MR) is 117 cm³/mol. The molecule has 7 nitrogen and oxygen atoms in total. The first kappa shape index (κ1) is 23.1. The summed E-state index contributed by atoms with van der Waals surface area (Å²) in [6.45, 7) is 7.32. The maximum absolute atomic E-state index is 9.99. The molecular weight excluding hydrogens is 459 g/mol. The van der Waals surface area contributed by atoms with Crippen molar-refractivity contribution in [3.63, 3.8) is 0 Å². The summed E-state index contributed by atoms with van der Waals surface area (Å²) in [6.07, 6.45) is 2.42. The summed E-state index contributed by atoms with van der Waals surface area (Å²) in [4.78, 5) is 8.47. The summed E-state index contributed by atoms with van der Waals surface area (Å²) in [5.74, 6) is 2.98. The number of benzene rings is 1. The first-order valence-corrected chi connectivity index (χ1v) is 8.59. The Hall–Kier alpha value is -1.97. The summed E-state index contributed by atoms with van der Waals surface area (Å²) in [5, 5.41) is 16.4. The van der Waals surface area contributed by atoms with Crippen LogP contribution in [0.4, 0.5) is 0 Å². The number of hydrogen-bond donors (Lipinski definition) is 3. The Labute approximate surface area is 177 Å². The summed E-state index contributed by atoms with van der Waals surface area (Å²) in [7, 11) is 3.28. The summed E-state index contributed by atoms with van der Waals surface area (Å²) >= 11 is 0. The van der Waals surface area contributed by atoms with Gasteiger partial charge in [0.25, 0.3) is 0 Å². The van der Waals surface area contributed by atoms with Crippen LogP contribution in [-0.4, -0.2) is 36.8 Å². The average molecular weight is 488 g/mol. The smallest absolute Gasteiger partial charge is 0.213 e. The van der Waals surface area contributed by atoms with Gasteiger partial charge in [0, 0.05) is 25.1 Å². The second-order valence-corrected chi connectivity index (χ2v) is 6.97. The number of phenolic OH excluding ortho intramolecular Hbond substituents is 1. The van der Waals surface area contributed by atoms with Crippen LogP contribution < -0.4 is 15.4 Å². The molecule has 0 saturated carbocycles. The van der Waals surface area contributed by atoms with Crippen molar-refractivity contribution in [3.8, 4) is 11.5 Å². The van der Waals surface area contributed by atoms with Gasteiger partial charge in [-0.25, -0.2) is 4.98 Å². The van der Waals surface area contributed by atoms with Crippen molar-refractivity contribution >= 4 is 29.9 Å². The second-order valence-electron chi connectivity index (χ2n) is 6.97. The van der Waals surface area contributed by atoms with E-state index < -0.39 is 0 Å². The third kappa shape index (κ3) is 6.93. The molecule has 1 heterocycles. The van der Waals surface area contributed by atoms with Gasteiger partial charge in [-0.1, -0.05) is 26.8 Å². The van der Waals surface area contributed by atoms with E-state index in [9.17, 15) is 5.11 Å². The van der Waals surface area contributed by atoms with Gasteiger partial charge in [-0.3, -0.25) is 4.99 Å². The van der Waals surface area contributed by atoms with Crippen molar-refractivity contribution in [2.45, 2.75) is 39.2 Å². The van der Waals surface area contributed by atoms with Gasteiger partial charge in [0.05, 0.1) is 19.9 Å². The van der Waals surface area contributed by atoms with Gasteiger partial charge in [0.1, 0.15) is 17.3 Å². The Morgan fingerprint density at radius 1 is 1.30 bits per heavy atom. The Kier molecular flexibility index (Phi) is 8.87. The van der Waals surface area contributed by atoms with Crippen molar-refractivity contribution < 1.29 is 14.3 Å². The molecule has 8 heteroatoms. The molecule has 27 heavy (non-hydrogen) atoms. The maximum Gasteiger partial charge on any atom is 0.213 e. The van der Waals surface area contributed by atoms with Gasteiger partial charge >= 0.3 is 0 Å². The Morgan fingerprint density at radius 2 is 2.04 bits per heavy atom. The molecule has 1 aromatic carbocycles. The van der Waals surface area contributed by atoms with Gasteiger partial charge < -0.3 is 24.9 Å². The zero-order valence-corrected chi connectivity index (χ0v) is 18.8. The number of nitrogens with zero attached hydrogens (tertiary/aromatic N) is 2. The highest BCUT2D eigenvalue weighted by molar-refractivity contribution is 14.0. The van der Waals surface area contributed by atoms with Gasteiger partial charge in [-0.15, -0.1) is 24.0 Å². The molecular formula is C19H29IN4O3. The predicted octanol–water partition coefficient (Wildman–Crippen LogP) is 3.21. The van der Waals surface area contributed by atoms with Crippen LogP contribution in [0.5, 0.6) is 11.5 Å². The normalized spacial score (nSPS) is 11.7. The lowest BCUT2D eigenvalue weighted by atomic mass is 9.94. The molecule has 2 aromatic rings. The van der Waals surface area contributed by atoms with E-state index in [1.165, 1.54) is 0 Å². The zero-order valence-electron chi connectivity index (χ0n) is 16.5. The molecule has 0 saturated heterocycles. The van der Waals surface area contributed by atoms with E-state index in [0.29, 0.717) is 37.1 Å². The number of hydrogen-bond acceptors (Lipinski definition) is 5. The lowest BCUT2D eigenvalue weighted by molar-refractivity contribution is 0.379. The molecule has 0 aliphatic rings. The number of aliphatic imine (C=N–C) groups is 1. The van der Waals surface area contributed by atoms with Crippen LogP contribution >= 0.6 is 24.0 Å². The molecule has 1 aromatic heterocycles. The van der Waals surface area contributed by atoms with Crippen LogP contribution in [0.1, 0.15) is 38.0 Å². The van der Waals surface area contributed by atoms with Crippen molar-refractivity contribution in [3.05, 3.63) is 41.6 Å². The monoisotopic (exact) mass is 488 g/mol. The molecule has 0 atom stereocenters. The van der Waals surface area contributed by atoms with Crippen LogP contribution in [0.2, 0.25) is 0 Å². The minimum atomic E-state index is -0.0639. The van der Waals surface area contributed by atoms with Crippen molar-refractivity contribution in [2.24, 2.45) is 4.99 Å². The number of aromatic hydroxyl groups is 1. The van der Waals surface area contributed by atoms with Gasteiger partial charge in [-0.2, -0.15) is 0 Å². The van der Waals surface area contributed by atoms with E-state index in [1.54, 1.807) is 26.4 Å². The second kappa shape index (κ2) is 10.4. The minimum Gasteiger partial charge on any atom is -0.508 e. The van der Waals surface area contributed by atoms with E-state index in [0.717, 1.165) is 11.3 Å². The van der Waals surface area contributed by atoms with Gasteiger partial charge in [-0.05, 0) is 18.1 Å². The first-order valence-electron chi connectivity index (χ1n) is 8.59. The standard InChI is InChI=1S/C19H28N4O3.HI/c1-19(2,3)16-11-22-17(26-16)12-23-18(20-4)21-9-8-13-6-7-14(25-5)10-15(13)24;/h6-7,10-11,24H,8-9,12H2,1-5H3,(H2,20,21,23);1H. The third-order valence-electron chi connectivity index (χ3n) is 3.90. The van der Waals surface area contributed by atoms with Crippen molar-refractivity contribution in [2.75, 3.05) is 20.7 Å². The fourth-order valence-electron chi connectivity index (χ4n) is 2.32. The van der Waals surface area contributed by atoms with Crippen molar-refractivity contribution in [1.29, 1.82) is 0 Å². The number of aromatic nitrogens is 1. The molecule has 0 amide bonds. The van der Waals surface area contributed by atoms with E-state index in [1.807, 2.05) is 12.1 Å².